The van der Waals surface area contributed by atoms with Crippen LogP contribution in [0.15, 0.2) is 42.5 Å². The van der Waals surface area contributed by atoms with E-state index in [2.05, 4.69) is 17.4 Å². The number of fused-ring (bicyclic) bond motifs is 1. The van der Waals surface area contributed by atoms with E-state index in [0.29, 0.717) is 24.5 Å². The maximum Gasteiger partial charge on any atom is 0.224 e. The summed E-state index contributed by atoms with van der Waals surface area (Å²) in [4.78, 5) is 12.0. The number of nitrogens with one attached hydrogen (secondary N) is 1. The summed E-state index contributed by atoms with van der Waals surface area (Å²) in [6.45, 7) is 0.589. The topological polar surface area (TPSA) is 47.6 Å². The van der Waals surface area contributed by atoms with Gasteiger partial charge in [-0.15, -0.1) is 0 Å². The Morgan fingerprint density at radius 1 is 1.05 bits per heavy atom. The minimum atomic E-state index is 0.0342. The van der Waals surface area contributed by atoms with Crippen LogP contribution >= 0.6 is 0 Å². The fraction of sp³-hybridized carbons (Fsp3) is 0.278. The normalized spacial score (nSPS) is 17.2. The minimum absolute atomic E-state index is 0.0342. The first kappa shape index (κ1) is 14.4. The highest BCUT2D eigenvalue weighted by Gasteiger charge is 2.25. The second-order valence-corrected chi connectivity index (χ2v) is 5.35. The highest BCUT2D eigenvalue weighted by atomic mass is 16.5. The van der Waals surface area contributed by atoms with Crippen molar-refractivity contribution in [3.8, 4) is 11.5 Å². The average molecular weight is 297 g/mol. The number of methoxy groups -OCH3 is 2. The number of amides is 1. The summed E-state index contributed by atoms with van der Waals surface area (Å²) in [5.74, 6) is 1.49. The Morgan fingerprint density at radius 3 is 2.41 bits per heavy atom. The Labute approximate surface area is 130 Å². The van der Waals surface area contributed by atoms with Crippen LogP contribution in [0.3, 0.4) is 0 Å². The molecule has 4 heteroatoms. The van der Waals surface area contributed by atoms with E-state index < -0.39 is 0 Å². The van der Waals surface area contributed by atoms with Crippen LogP contribution in [-0.4, -0.2) is 26.7 Å². The number of benzene rings is 2. The highest BCUT2D eigenvalue weighted by Crippen LogP contribution is 2.37. The monoisotopic (exact) mass is 297 g/mol. The second-order valence-electron chi connectivity index (χ2n) is 5.35. The van der Waals surface area contributed by atoms with Crippen LogP contribution in [0.25, 0.3) is 0 Å². The van der Waals surface area contributed by atoms with Crippen molar-refractivity contribution >= 4 is 5.91 Å². The molecule has 0 radical (unpaired) electrons. The van der Waals surface area contributed by atoms with Crippen molar-refractivity contribution in [2.45, 2.75) is 12.3 Å². The van der Waals surface area contributed by atoms with Crippen molar-refractivity contribution in [1.29, 1.82) is 0 Å². The van der Waals surface area contributed by atoms with E-state index >= 15 is 0 Å². The Kier molecular flexibility index (Phi) is 4.00. The third kappa shape index (κ3) is 2.64. The van der Waals surface area contributed by atoms with Gasteiger partial charge in [-0.3, -0.25) is 4.79 Å². The number of hydrogen-bond donors (Lipinski definition) is 1. The van der Waals surface area contributed by atoms with Crippen molar-refractivity contribution in [2.75, 3.05) is 20.8 Å². The van der Waals surface area contributed by atoms with Gasteiger partial charge in [-0.2, -0.15) is 0 Å². The van der Waals surface area contributed by atoms with Crippen LogP contribution in [0.1, 0.15) is 22.6 Å². The van der Waals surface area contributed by atoms with Crippen LogP contribution in [0.2, 0.25) is 0 Å². The van der Waals surface area contributed by atoms with Crippen LogP contribution in [0, 0.1) is 0 Å². The standard InChI is InChI=1S/C18H19NO3/c1-21-16-8-13-9-18(20)19-11-15(12-6-4-3-5-7-12)14(13)10-17(16)22-2/h3-8,10,15H,9,11H2,1-2H3,(H,19,20)/t15-/m1/s1. The second kappa shape index (κ2) is 6.10. The number of hydrogen-bond acceptors (Lipinski definition) is 3. The molecule has 0 fully saturated rings. The van der Waals surface area contributed by atoms with Gasteiger partial charge in [0.15, 0.2) is 11.5 Å². The van der Waals surface area contributed by atoms with E-state index in [-0.39, 0.29) is 11.8 Å². The van der Waals surface area contributed by atoms with Gasteiger partial charge < -0.3 is 14.8 Å². The molecule has 1 N–H and O–H groups in total. The molecule has 1 atom stereocenters. The number of ether oxygens (including phenoxy) is 2. The Balaban J connectivity index is 2.14. The SMILES string of the molecule is COc1cc2c(cc1OC)[C@@H](c1ccccc1)CNC(=O)C2. The van der Waals surface area contributed by atoms with Crippen LogP contribution in [-0.2, 0) is 11.2 Å². The molecule has 0 spiro atoms. The van der Waals surface area contributed by atoms with E-state index in [1.54, 1.807) is 14.2 Å². The summed E-state index contributed by atoms with van der Waals surface area (Å²) in [6.07, 6.45) is 0.360. The van der Waals surface area contributed by atoms with Gasteiger partial charge >= 0.3 is 0 Å². The van der Waals surface area contributed by atoms with Crippen LogP contribution in [0.4, 0.5) is 0 Å². The fourth-order valence-corrected chi connectivity index (χ4v) is 2.96. The Bertz CT molecular complexity index is 682. The summed E-state index contributed by atoms with van der Waals surface area (Å²) in [5.41, 5.74) is 3.28. The minimum Gasteiger partial charge on any atom is -0.493 e. The molecule has 22 heavy (non-hydrogen) atoms. The molecule has 4 nitrogen and oxygen atoms in total. The fourth-order valence-electron chi connectivity index (χ4n) is 2.96. The molecular weight excluding hydrogens is 278 g/mol. The molecule has 114 valence electrons. The van der Waals surface area contributed by atoms with E-state index in [1.807, 2.05) is 30.3 Å². The molecule has 3 rings (SSSR count). The number of rotatable bonds is 3. The van der Waals surface area contributed by atoms with Gasteiger partial charge in [-0.05, 0) is 28.8 Å². The van der Waals surface area contributed by atoms with Crippen molar-refractivity contribution in [3.05, 3.63) is 59.2 Å². The molecule has 1 aliphatic heterocycles. The third-order valence-corrected chi connectivity index (χ3v) is 4.08. The predicted octanol–water partition coefficient (Wildman–Crippen LogP) is 2.51. The van der Waals surface area contributed by atoms with Crippen LogP contribution in [0.5, 0.6) is 11.5 Å². The average Bonchev–Trinajstić information content (AvgIpc) is 2.72. The molecule has 0 saturated heterocycles. The third-order valence-electron chi connectivity index (χ3n) is 4.08. The first-order valence-corrected chi connectivity index (χ1v) is 7.29. The first-order valence-electron chi connectivity index (χ1n) is 7.29. The lowest BCUT2D eigenvalue weighted by Gasteiger charge is -2.20. The number of carbonyl (C=O) groups excluding carboxylic acids is 1. The molecule has 0 aliphatic carbocycles. The van der Waals surface area contributed by atoms with Gasteiger partial charge in [0, 0.05) is 12.5 Å². The molecule has 1 heterocycles. The van der Waals surface area contributed by atoms with Crippen LogP contribution < -0.4 is 14.8 Å². The Morgan fingerprint density at radius 2 is 1.73 bits per heavy atom. The maximum absolute atomic E-state index is 12.0. The molecule has 2 aromatic rings. The summed E-state index contributed by atoms with van der Waals surface area (Å²) < 4.78 is 10.8. The zero-order chi connectivity index (χ0) is 15.5. The lowest BCUT2D eigenvalue weighted by molar-refractivity contribution is -0.120. The van der Waals surface area contributed by atoms with Crippen molar-refractivity contribution in [3.63, 3.8) is 0 Å². The maximum atomic E-state index is 12.0. The lowest BCUT2D eigenvalue weighted by atomic mass is 9.88. The summed E-state index contributed by atoms with van der Waals surface area (Å²) in [5, 5.41) is 2.99. The summed E-state index contributed by atoms with van der Waals surface area (Å²) >= 11 is 0. The predicted molar refractivity (Wildman–Crippen MR) is 84.5 cm³/mol. The number of carbonyl (C=O) groups is 1. The van der Waals surface area contributed by atoms with E-state index in [1.165, 1.54) is 5.56 Å². The first-order chi connectivity index (χ1) is 10.7. The largest absolute Gasteiger partial charge is 0.493 e. The summed E-state index contributed by atoms with van der Waals surface area (Å²) in [7, 11) is 3.23. The molecule has 0 unspecified atom stereocenters. The molecule has 0 saturated carbocycles. The van der Waals surface area contributed by atoms with Gasteiger partial charge in [0.1, 0.15) is 0 Å². The zero-order valence-electron chi connectivity index (χ0n) is 12.8. The molecular formula is C18H19NO3. The van der Waals surface area contributed by atoms with Gasteiger partial charge in [0.2, 0.25) is 5.91 Å². The smallest absolute Gasteiger partial charge is 0.224 e. The highest BCUT2D eigenvalue weighted by molar-refractivity contribution is 5.80. The molecule has 0 aromatic heterocycles. The van der Waals surface area contributed by atoms with Gasteiger partial charge in [-0.1, -0.05) is 30.3 Å². The molecule has 2 aromatic carbocycles. The van der Waals surface area contributed by atoms with E-state index in [0.717, 1.165) is 11.1 Å². The van der Waals surface area contributed by atoms with Gasteiger partial charge in [0.05, 0.1) is 20.6 Å². The molecule has 1 aliphatic rings. The van der Waals surface area contributed by atoms with Gasteiger partial charge in [-0.25, -0.2) is 0 Å². The van der Waals surface area contributed by atoms with E-state index in [9.17, 15) is 4.79 Å². The van der Waals surface area contributed by atoms with Crippen molar-refractivity contribution in [1.82, 2.24) is 5.32 Å². The van der Waals surface area contributed by atoms with E-state index in [4.69, 9.17) is 9.47 Å². The molecule has 1 amide bonds. The van der Waals surface area contributed by atoms with Crippen molar-refractivity contribution < 1.29 is 14.3 Å². The Hall–Kier alpha value is -2.49. The quantitative estimate of drug-likeness (QED) is 0.947. The lowest BCUT2D eigenvalue weighted by Crippen LogP contribution is -2.26. The summed E-state index contributed by atoms with van der Waals surface area (Å²) in [6, 6.07) is 14.1. The van der Waals surface area contributed by atoms with Crippen molar-refractivity contribution in [2.24, 2.45) is 0 Å². The molecule has 0 bridgehead atoms. The van der Waals surface area contributed by atoms with Gasteiger partial charge in [0.25, 0.3) is 0 Å². The zero-order valence-corrected chi connectivity index (χ0v) is 12.8.